The van der Waals surface area contributed by atoms with Gasteiger partial charge in [0.25, 0.3) is 0 Å². The van der Waals surface area contributed by atoms with E-state index in [9.17, 15) is 5.11 Å². The lowest BCUT2D eigenvalue weighted by molar-refractivity contribution is 0.0464. The predicted molar refractivity (Wildman–Crippen MR) is 98.8 cm³/mol. The van der Waals surface area contributed by atoms with Gasteiger partial charge in [-0.1, -0.05) is 48.0 Å². The van der Waals surface area contributed by atoms with Crippen LogP contribution in [-0.2, 0) is 5.60 Å². The van der Waals surface area contributed by atoms with E-state index >= 15 is 0 Å². The first kappa shape index (κ1) is 18.0. The molecule has 2 aromatic carbocycles. The minimum Gasteiger partial charge on any atom is -0.385 e. The summed E-state index contributed by atoms with van der Waals surface area (Å²) in [6, 6.07) is 15.9. The van der Waals surface area contributed by atoms with Crippen LogP contribution in [0.15, 0.2) is 48.5 Å². The average molecular weight is 332 g/mol. The molecule has 0 amide bonds. The molecule has 0 saturated carbocycles. The number of halogens is 1. The molecule has 0 radical (unpaired) electrons. The Bertz CT molecular complexity index is 624. The van der Waals surface area contributed by atoms with E-state index in [1.807, 2.05) is 55.5 Å². The molecule has 0 heterocycles. The van der Waals surface area contributed by atoms with Gasteiger partial charge in [-0.3, -0.25) is 0 Å². The van der Waals surface area contributed by atoms with Crippen molar-refractivity contribution in [3.8, 4) is 11.1 Å². The summed E-state index contributed by atoms with van der Waals surface area (Å²) in [5.41, 5.74) is 2.40. The van der Waals surface area contributed by atoms with Gasteiger partial charge in [-0.2, -0.15) is 0 Å². The summed E-state index contributed by atoms with van der Waals surface area (Å²) >= 11 is 5.93. The summed E-state index contributed by atoms with van der Waals surface area (Å²) < 4.78 is 0. The molecule has 0 aliphatic rings. The topological polar surface area (TPSA) is 32.3 Å². The van der Waals surface area contributed by atoms with Gasteiger partial charge in [-0.15, -0.1) is 0 Å². The quantitative estimate of drug-likeness (QED) is 0.808. The predicted octanol–water partition coefficient (Wildman–Crippen LogP) is 4.99. The number of hydrogen-bond donors (Lipinski definition) is 2. The van der Waals surface area contributed by atoms with Crippen molar-refractivity contribution in [3.63, 3.8) is 0 Å². The maximum atomic E-state index is 10.7. The highest BCUT2D eigenvalue weighted by atomic mass is 35.5. The summed E-state index contributed by atoms with van der Waals surface area (Å²) in [4.78, 5) is 0. The molecule has 0 fully saturated rings. The van der Waals surface area contributed by atoms with Crippen molar-refractivity contribution in [2.75, 3.05) is 6.54 Å². The minimum atomic E-state index is -0.837. The second-order valence-electron chi connectivity index (χ2n) is 7.28. The van der Waals surface area contributed by atoms with Crippen LogP contribution in [0.3, 0.4) is 0 Å². The summed E-state index contributed by atoms with van der Waals surface area (Å²) in [5, 5.41) is 14.9. The first-order valence-corrected chi connectivity index (χ1v) is 8.39. The number of aliphatic hydroxyl groups is 1. The molecule has 0 spiro atoms. The third kappa shape index (κ3) is 5.35. The lowest BCUT2D eigenvalue weighted by Crippen LogP contribution is -2.39. The van der Waals surface area contributed by atoms with E-state index in [0.717, 1.165) is 28.3 Å². The highest BCUT2D eigenvalue weighted by Crippen LogP contribution is 2.28. The average Bonchev–Trinajstić information content (AvgIpc) is 2.46. The highest BCUT2D eigenvalue weighted by Gasteiger charge is 2.23. The molecule has 1 unspecified atom stereocenters. The van der Waals surface area contributed by atoms with Crippen LogP contribution in [0.2, 0.25) is 5.02 Å². The van der Waals surface area contributed by atoms with Crippen LogP contribution in [0, 0.1) is 0 Å². The van der Waals surface area contributed by atoms with Gasteiger partial charge in [0.05, 0.1) is 5.60 Å². The third-order valence-electron chi connectivity index (χ3n) is 3.95. The molecule has 2 nitrogen and oxygen atoms in total. The fourth-order valence-corrected chi connectivity index (χ4v) is 2.62. The summed E-state index contributed by atoms with van der Waals surface area (Å²) in [7, 11) is 0. The number of hydrogen-bond acceptors (Lipinski definition) is 2. The molecular formula is C20H26ClNO. The molecule has 23 heavy (non-hydrogen) atoms. The Hall–Kier alpha value is -1.35. The smallest absolute Gasteiger partial charge is 0.0880 e. The lowest BCUT2D eigenvalue weighted by Gasteiger charge is -2.27. The largest absolute Gasteiger partial charge is 0.385 e. The summed E-state index contributed by atoms with van der Waals surface area (Å²) in [6.45, 7) is 9.03. The minimum absolute atomic E-state index is 0.0640. The van der Waals surface area contributed by atoms with E-state index in [1.54, 1.807) is 0 Å². The van der Waals surface area contributed by atoms with Crippen LogP contribution < -0.4 is 5.32 Å². The van der Waals surface area contributed by atoms with Crippen molar-refractivity contribution in [3.05, 3.63) is 59.1 Å². The maximum absolute atomic E-state index is 10.7. The Morgan fingerprint density at radius 2 is 1.35 bits per heavy atom. The summed E-state index contributed by atoms with van der Waals surface area (Å²) in [6.07, 6.45) is 0.671. The Morgan fingerprint density at radius 3 is 1.83 bits per heavy atom. The van der Waals surface area contributed by atoms with Gasteiger partial charge in [0.2, 0.25) is 0 Å². The molecule has 2 N–H and O–H groups in total. The Kier molecular flexibility index (Phi) is 5.51. The van der Waals surface area contributed by atoms with E-state index < -0.39 is 5.60 Å². The van der Waals surface area contributed by atoms with Crippen molar-refractivity contribution < 1.29 is 5.11 Å². The molecule has 0 bridgehead atoms. The second kappa shape index (κ2) is 7.04. The molecule has 0 aliphatic carbocycles. The lowest BCUT2D eigenvalue weighted by atomic mass is 9.90. The molecule has 0 saturated heterocycles. The monoisotopic (exact) mass is 331 g/mol. The third-order valence-corrected chi connectivity index (χ3v) is 4.20. The molecular weight excluding hydrogens is 306 g/mol. The van der Waals surface area contributed by atoms with Crippen molar-refractivity contribution in [2.24, 2.45) is 0 Å². The van der Waals surface area contributed by atoms with Gasteiger partial charge in [-0.05, 0) is 69.5 Å². The second-order valence-corrected chi connectivity index (χ2v) is 7.72. The van der Waals surface area contributed by atoms with E-state index in [-0.39, 0.29) is 5.54 Å². The number of rotatable bonds is 5. The molecule has 0 aliphatic heterocycles. The van der Waals surface area contributed by atoms with Crippen LogP contribution in [-0.4, -0.2) is 17.2 Å². The first-order valence-electron chi connectivity index (χ1n) is 8.01. The van der Waals surface area contributed by atoms with Crippen LogP contribution in [0.1, 0.15) is 39.7 Å². The molecule has 2 rings (SSSR count). The zero-order chi connectivity index (χ0) is 17.1. The molecule has 3 heteroatoms. The zero-order valence-corrected chi connectivity index (χ0v) is 15.1. The maximum Gasteiger partial charge on any atom is 0.0880 e. The van der Waals surface area contributed by atoms with E-state index in [4.69, 9.17) is 11.6 Å². The number of benzene rings is 2. The van der Waals surface area contributed by atoms with Crippen LogP contribution in [0.4, 0.5) is 0 Å². The molecule has 2 aromatic rings. The van der Waals surface area contributed by atoms with E-state index in [1.165, 1.54) is 0 Å². The normalized spacial score (nSPS) is 14.5. The standard InChI is InChI=1S/C20H26ClNO/c1-19(2,3)22-14-13-20(4,23)17-9-5-15(6-10-17)16-7-11-18(21)12-8-16/h5-12,22-23H,13-14H2,1-4H3. The fraction of sp³-hybridized carbons (Fsp3) is 0.400. The SMILES string of the molecule is CC(C)(C)NCCC(C)(O)c1ccc(-c2ccc(Cl)cc2)cc1. The Morgan fingerprint density at radius 1 is 0.870 bits per heavy atom. The van der Waals surface area contributed by atoms with Gasteiger partial charge in [-0.25, -0.2) is 0 Å². The van der Waals surface area contributed by atoms with Crippen LogP contribution >= 0.6 is 11.6 Å². The molecule has 1 atom stereocenters. The Labute approximate surface area is 144 Å². The van der Waals surface area contributed by atoms with Crippen LogP contribution in [0.5, 0.6) is 0 Å². The van der Waals surface area contributed by atoms with Crippen molar-refractivity contribution in [2.45, 2.75) is 45.3 Å². The van der Waals surface area contributed by atoms with E-state index in [2.05, 4.69) is 26.1 Å². The molecule has 124 valence electrons. The Balaban J connectivity index is 2.07. The fourth-order valence-electron chi connectivity index (χ4n) is 2.49. The van der Waals surface area contributed by atoms with Gasteiger partial charge < -0.3 is 10.4 Å². The van der Waals surface area contributed by atoms with Gasteiger partial charge >= 0.3 is 0 Å². The first-order chi connectivity index (χ1) is 10.7. The van der Waals surface area contributed by atoms with Crippen LogP contribution in [0.25, 0.3) is 11.1 Å². The van der Waals surface area contributed by atoms with Gasteiger partial charge in [0.15, 0.2) is 0 Å². The number of nitrogens with one attached hydrogen (secondary N) is 1. The zero-order valence-electron chi connectivity index (χ0n) is 14.4. The summed E-state index contributed by atoms with van der Waals surface area (Å²) in [5.74, 6) is 0. The van der Waals surface area contributed by atoms with Gasteiger partial charge in [0.1, 0.15) is 0 Å². The van der Waals surface area contributed by atoms with Gasteiger partial charge in [0, 0.05) is 10.6 Å². The van der Waals surface area contributed by atoms with E-state index in [0.29, 0.717) is 6.42 Å². The highest BCUT2D eigenvalue weighted by molar-refractivity contribution is 6.30. The van der Waals surface area contributed by atoms with Crippen molar-refractivity contribution in [1.29, 1.82) is 0 Å². The van der Waals surface area contributed by atoms with Crippen molar-refractivity contribution in [1.82, 2.24) is 5.32 Å². The van der Waals surface area contributed by atoms with Crippen molar-refractivity contribution >= 4 is 11.6 Å². The molecule has 0 aromatic heterocycles.